The molecule has 0 aliphatic heterocycles. The van der Waals surface area contributed by atoms with Crippen molar-refractivity contribution in [2.75, 3.05) is 4.90 Å². The van der Waals surface area contributed by atoms with Crippen LogP contribution in [0.5, 0.6) is 0 Å². The van der Waals surface area contributed by atoms with Crippen molar-refractivity contribution in [3.63, 3.8) is 0 Å². The lowest BCUT2D eigenvalue weighted by molar-refractivity contribution is 0.713. The third kappa shape index (κ3) is 6.15. The van der Waals surface area contributed by atoms with Crippen molar-refractivity contribution in [3.8, 4) is 55.6 Å². The molecular weight excluding hydrogens is 783 g/mol. The van der Waals surface area contributed by atoms with E-state index in [1.807, 2.05) is 0 Å². The summed E-state index contributed by atoms with van der Waals surface area (Å²) in [5, 5.41) is 0. The quantitative estimate of drug-likeness (QED) is 0.147. The Balaban J connectivity index is 1.07. The van der Waals surface area contributed by atoms with Gasteiger partial charge in [-0.05, 0) is 146 Å². The van der Waals surface area contributed by atoms with Crippen LogP contribution in [0.15, 0.2) is 249 Å². The van der Waals surface area contributed by atoms with E-state index in [0.717, 1.165) is 17.1 Å². The fraction of sp³-hybridized carbons (Fsp3) is 0.0625. The van der Waals surface area contributed by atoms with Crippen LogP contribution in [-0.2, 0) is 10.8 Å². The van der Waals surface area contributed by atoms with Gasteiger partial charge in [-0.3, -0.25) is 0 Å². The molecule has 1 nitrogen and oxygen atoms in total. The van der Waals surface area contributed by atoms with Crippen LogP contribution in [0.4, 0.5) is 17.1 Å². The monoisotopic (exact) mass is 829 g/mol. The molecule has 0 fully saturated rings. The van der Waals surface area contributed by atoms with E-state index in [0.29, 0.717) is 0 Å². The van der Waals surface area contributed by atoms with Gasteiger partial charge >= 0.3 is 0 Å². The van der Waals surface area contributed by atoms with Crippen LogP contribution < -0.4 is 4.90 Å². The number of nitrogens with zero attached hydrogens (tertiary/aromatic N) is 1. The van der Waals surface area contributed by atoms with Crippen molar-refractivity contribution in [2.45, 2.75) is 24.7 Å². The minimum atomic E-state index is -0.337. The molecule has 0 saturated carbocycles. The average molecular weight is 830 g/mol. The molecule has 0 radical (unpaired) electrons. The van der Waals surface area contributed by atoms with Crippen molar-refractivity contribution >= 4 is 17.1 Å². The van der Waals surface area contributed by atoms with Gasteiger partial charge in [-0.25, -0.2) is 0 Å². The molecule has 12 rings (SSSR count). The maximum absolute atomic E-state index is 2.51. The number of hydrogen-bond acceptors (Lipinski definition) is 1. The Hall–Kier alpha value is -8.00. The first-order valence-electron chi connectivity index (χ1n) is 22.8. The Labute approximate surface area is 382 Å². The number of hydrogen-bond donors (Lipinski definition) is 0. The summed E-state index contributed by atoms with van der Waals surface area (Å²) >= 11 is 0. The highest BCUT2D eigenvalue weighted by Crippen LogP contribution is 2.58. The first-order chi connectivity index (χ1) is 32.0. The summed E-state index contributed by atoms with van der Waals surface area (Å²) in [5.74, 6) is 0. The molecule has 1 heteroatoms. The Morgan fingerprint density at radius 3 is 1.26 bits per heavy atom. The Morgan fingerprint density at radius 2 is 0.692 bits per heavy atom. The van der Waals surface area contributed by atoms with E-state index >= 15 is 0 Å². The van der Waals surface area contributed by atoms with E-state index in [-0.39, 0.29) is 10.8 Å². The highest BCUT2D eigenvalue weighted by Gasteiger charge is 2.44. The molecule has 2 atom stereocenters. The number of benzene rings is 10. The van der Waals surface area contributed by atoms with Crippen molar-refractivity contribution in [2.24, 2.45) is 0 Å². The second kappa shape index (κ2) is 15.4. The first-order valence-corrected chi connectivity index (χ1v) is 22.8. The van der Waals surface area contributed by atoms with E-state index in [1.165, 1.54) is 89.0 Å². The summed E-state index contributed by atoms with van der Waals surface area (Å²) < 4.78 is 0. The zero-order valence-corrected chi connectivity index (χ0v) is 36.6. The summed E-state index contributed by atoms with van der Waals surface area (Å²) in [4.78, 5) is 2.51. The summed E-state index contributed by atoms with van der Waals surface area (Å²) in [7, 11) is 0. The Kier molecular flexibility index (Phi) is 9.14. The largest absolute Gasteiger partial charge is 0.310 e. The van der Waals surface area contributed by atoms with Gasteiger partial charge in [-0.2, -0.15) is 0 Å². The molecule has 2 aliphatic carbocycles. The van der Waals surface area contributed by atoms with Crippen LogP contribution in [0.1, 0.15) is 47.2 Å². The third-order valence-electron chi connectivity index (χ3n) is 14.4. The molecular formula is C64H47N. The second-order valence-corrected chi connectivity index (χ2v) is 17.9. The molecule has 10 aromatic rings. The van der Waals surface area contributed by atoms with Gasteiger partial charge in [-0.1, -0.05) is 200 Å². The van der Waals surface area contributed by atoms with Crippen molar-refractivity contribution in [3.05, 3.63) is 282 Å². The van der Waals surface area contributed by atoms with E-state index in [4.69, 9.17) is 0 Å². The van der Waals surface area contributed by atoms with Crippen molar-refractivity contribution < 1.29 is 0 Å². The molecule has 0 bridgehead atoms. The van der Waals surface area contributed by atoms with Crippen molar-refractivity contribution in [1.82, 2.24) is 0 Å². The molecule has 0 aromatic heterocycles. The molecule has 0 amide bonds. The zero-order chi connectivity index (χ0) is 43.5. The predicted molar refractivity (Wildman–Crippen MR) is 272 cm³/mol. The smallest absolute Gasteiger partial charge is 0.0543 e. The average Bonchev–Trinajstić information content (AvgIpc) is 3.81. The number of rotatable bonds is 8. The first kappa shape index (κ1) is 38.7. The zero-order valence-electron chi connectivity index (χ0n) is 36.6. The Bertz CT molecular complexity index is 3320. The highest BCUT2D eigenvalue weighted by molar-refractivity contribution is 5.97. The van der Waals surface area contributed by atoms with Crippen LogP contribution in [0.25, 0.3) is 55.6 Å². The fourth-order valence-electron chi connectivity index (χ4n) is 11.1. The molecule has 2 aliphatic rings. The summed E-state index contributed by atoms with van der Waals surface area (Å²) in [5.41, 5.74) is 22.9. The summed E-state index contributed by atoms with van der Waals surface area (Å²) in [6.45, 7) is 4.81. The van der Waals surface area contributed by atoms with Gasteiger partial charge in [0.1, 0.15) is 0 Å². The van der Waals surface area contributed by atoms with Gasteiger partial charge in [0.25, 0.3) is 0 Å². The van der Waals surface area contributed by atoms with Crippen LogP contribution in [0.2, 0.25) is 0 Å². The molecule has 0 N–H and O–H groups in total. The molecule has 0 spiro atoms. The molecule has 0 heterocycles. The maximum Gasteiger partial charge on any atom is 0.0543 e. The van der Waals surface area contributed by atoms with Gasteiger partial charge in [-0.15, -0.1) is 0 Å². The molecule has 2 unspecified atom stereocenters. The van der Waals surface area contributed by atoms with Crippen LogP contribution in [-0.4, -0.2) is 0 Å². The third-order valence-corrected chi connectivity index (χ3v) is 14.4. The van der Waals surface area contributed by atoms with Crippen molar-refractivity contribution in [1.29, 1.82) is 0 Å². The molecule has 308 valence electrons. The topological polar surface area (TPSA) is 3.24 Å². The van der Waals surface area contributed by atoms with E-state index in [9.17, 15) is 0 Å². The lowest BCUT2D eigenvalue weighted by atomic mass is 9.74. The second-order valence-electron chi connectivity index (χ2n) is 17.9. The van der Waals surface area contributed by atoms with E-state index in [1.54, 1.807) is 0 Å². The Morgan fingerprint density at radius 1 is 0.277 bits per heavy atom. The van der Waals surface area contributed by atoms with Gasteiger partial charge in [0.05, 0.1) is 5.69 Å². The molecule has 65 heavy (non-hydrogen) atoms. The van der Waals surface area contributed by atoms with Crippen LogP contribution in [0, 0.1) is 0 Å². The minimum absolute atomic E-state index is 0.329. The van der Waals surface area contributed by atoms with E-state index < -0.39 is 0 Å². The van der Waals surface area contributed by atoms with E-state index in [2.05, 4.69) is 267 Å². The highest BCUT2D eigenvalue weighted by atomic mass is 15.1. The van der Waals surface area contributed by atoms with Gasteiger partial charge in [0.2, 0.25) is 0 Å². The molecule has 10 aromatic carbocycles. The maximum atomic E-state index is 2.51. The number of anilines is 3. The lowest BCUT2D eigenvalue weighted by Crippen LogP contribution is -2.23. The SMILES string of the molecule is CC1(c2ccccc2)c2ccccc2-c2ccc(N(c3ccc(-c4cc(-c5ccccc5)cc(-c5ccccc5)c4)cc3)c3cccc4c3-c3ccccc3C4(C)c3ccccc3)cc21. The van der Waals surface area contributed by atoms with Gasteiger partial charge in [0, 0.05) is 27.8 Å². The number of fused-ring (bicyclic) bond motifs is 6. The minimum Gasteiger partial charge on any atom is -0.310 e. The predicted octanol–water partition coefficient (Wildman–Crippen LogP) is 16.8. The van der Waals surface area contributed by atoms with Gasteiger partial charge < -0.3 is 4.90 Å². The van der Waals surface area contributed by atoms with Crippen LogP contribution >= 0.6 is 0 Å². The summed E-state index contributed by atoms with van der Waals surface area (Å²) in [6.07, 6.45) is 0. The van der Waals surface area contributed by atoms with Crippen LogP contribution in [0.3, 0.4) is 0 Å². The standard InChI is InChI=1S/C64H47N/c1-63(50-24-11-5-12-25-50)58-31-18-16-29-56(58)62-59(63)32-19-33-61(62)65(53-38-39-55-54-28-15-17-30-57(54)64(2,60(55)43-53)51-26-13-6-14-27-51)52-36-34-46(35-37-52)49-41-47(44-20-7-3-8-21-44)40-48(42-49)45-22-9-4-10-23-45/h3-43H,1-2H3. The molecule has 0 saturated heterocycles. The normalized spacial score (nSPS) is 16.6. The van der Waals surface area contributed by atoms with Gasteiger partial charge in [0.15, 0.2) is 0 Å². The fourth-order valence-corrected chi connectivity index (χ4v) is 11.1. The lowest BCUT2D eigenvalue weighted by Gasteiger charge is -2.32. The summed E-state index contributed by atoms with van der Waals surface area (Å²) in [6, 6.07) is 91.9.